The summed E-state index contributed by atoms with van der Waals surface area (Å²) in [6.45, 7) is 6.40. The number of nitrogens with one attached hydrogen (secondary N) is 1. The summed E-state index contributed by atoms with van der Waals surface area (Å²) in [5.41, 5.74) is 1.01. The molecule has 19 heavy (non-hydrogen) atoms. The summed E-state index contributed by atoms with van der Waals surface area (Å²) in [6.07, 6.45) is 2.07. The zero-order valence-electron chi connectivity index (χ0n) is 11.4. The Kier molecular flexibility index (Phi) is 4.04. The Bertz CT molecular complexity index is 468. The average molecular weight is 264 g/mol. The molecule has 2 N–H and O–H groups in total. The fraction of sp³-hybridized carbons (Fsp3) is 0.571. The molecule has 0 spiro atoms. The van der Waals surface area contributed by atoms with E-state index in [4.69, 9.17) is 9.84 Å². The lowest BCUT2D eigenvalue weighted by Crippen LogP contribution is -2.33. The van der Waals surface area contributed by atoms with Gasteiger partial charge >= 0.3 is 5.97 Å². The highest BCUT2D eigenvalue weighted by atomic mass is 16.5. The number of pyridine rings is 1. The number of aromatic nitrogens is 1. The number of aryl methyl sites for hydroxylation is 1. The van der Waals surface area contributed by atoms with Crippen LogP contribution in [-0.2, 0) is 4.74 Å². The van der Waals surface area contributed by atoms with E-state index >= 15 is 0 Å². The van der Waals surface area contributed by atoms with Crippen molar-refractivity contribution in [1.29, 1.82) is 0 Å². The van der Waals surface area contributed by atoms with Gasteiger partial charge in [-0.15, -0.1) is 0 Å². The fourth-order valence-electron chi connectivity index (χ4n) is 2.23. The predicted octanol–water partition coefficient (Wildman–Crippen LogP) is 2.32. The molecule has 2 heterocycles. The zero-order valence-corrected chi connectivity index (χ0v) is 11.4. The second kappa shape index (κ2) is 5.57. The topological polar surface area (TPSA) is 71.5 Å². The summed E-state index contributed by atoms with van der Waals surface area (Å²) < 4.78 is 5.37. The minimum absolute atomic E-state index is 0.222. The van der Waals surface area contributed by atoms with Crippen molar-refractivity contribution in [3.05, 3.63) is 23.4 Å². The molecule has 5 heteroatoms. The van der Waals surface area contributed by atoms with Gasteiger partial charge < -0.3 is 15.2 Å². The number of rotatable bonds is 4. The Balaban J connectivity index is 2.00. The number of carbonyl (C=O) groups is 1. The van der Waals surface area contributed by atoms with Crippen LogP contribution in [0.4, 0.5) is 5.82 Å². The minimum Gasteiger partial charge on any atom is -0.478 e. The van der Waals surface area contributed by atoms with Gasteiger partial charge in [0.25, 0.3) is 0 Å². The third kappa shape index (κ3) is 3.44. The number of anilines is 1. The van der Waals surface area contributed by atoms with Gasteiger partial charge in [-0.05, 0) is 37.3 Å². The average Bonchev–Trinajstić information content (AvgIpc) is 2.37. The molecule has 1 aromatic heterocycles. The molecule has 1 aliphatic heterocycles. The van der Waals surface area contributed by atoms with E-state index in [9.17, 15) is 4.79 Å². The molecular formula is C14H20N2O3. The second-order valence-electron chi connectivity index (χ2n) is 5.41. The first kappa shape index (κ1) is 13.8. The molecule has 1 saturated heterocycles. The van der Waals surface area contributed by atoms with E-state index in [1.807, 2.05) is 0 Å². The summed E-state index contributed by atoms with van der Waals surface area (Å²) in [4.78, 5) is 15.2. The molecule has 0 aliphatic carbocycles. The van der Waals surface area contributed by atoms with Crippen LogP contribution < -0.4 is 5.32 Å². The van der Waals surface area contributed by atoms with E-state index in [-0.39, 0.29) is 11.0 Å². The number of hydrogen-bond acceptors (Lipinski definition) is 4. The number of ether oxygens (including phenoxy) is 1. The fourth-order valence-corrected chi connectivity index (χ4v) is 2.23. The second-order valence-corrected chi connectivity index (χ2v) is 5.41. The molecule has 0 saturated carbocycles. The molecule has 1 aliphatic rings. The van der Waals surface area contributed by atoms with Crippen molar-refractivity contribution in [3.63, 3.8) is 0 Å². The molecule has 0 radical (unpaired) electrons. The Labute approximate surface area is 113 Å². The monoisotopic (exact) mass is 264 g/mol. The third-order valence-corrected chi connectivity index (χ3v) is 3.71. The maximum absolute atomic E-state index is 10.9. The van der Waals surface area contributed by atoms with E-state index in [1.54, 1.807) is 19.1 Å². The maximum Gasteiger partial charge on any atom is 0.337 e. The zero-order chi connectivity index (χ0) is 13.9. The van der Waals surface area contributed by atoms with Gasteiger partial charge in [0.15, 0.2) is 0 Å². The van der Waals surface area contributed by atoms with Crippen molar-refractivity contribution in [2.45, 2.75) is 26.7 Å². The molecule has 5 nitrogen and oxygen atoms in total. The summed E-state index contributed by atoms with van der Waals surface area (Å²) in [5.74, 6) is -0.205. The molecule has 104 valence electrons. The standard InChI is InChI=1S/C14H20N2O3/c1-10-11(13(17)18)3-4-12(16-10)15-9-14(2)5-7-19-8-6-14/h3-4H,5-9H2,1-2H3,(H,15,16)(H,17,18). The van der Waals surface area contributed by atoms with Crippen LogP contribution in [0.25, 0.3) is 0 Å². The third-order valence-electron chi connectivity index (χ3n) is 3.71. The lowest BCUT2D eigenvalue weighted by atomic mass is 9.82. The number of nitrogens with zero attached hydrogens (tertiary/aromatic N) is 1. The molecule has 1 aromatic rings. The normalized spacial score (nSPS) is 18.0. The first-order chi connectivity index (χ1) is 9.00. The maximum atomic E-state index is 10.9. The first-order valence-corrected chi connectivity index (χ1v) is 6.53. The summed E-state index contributed by atoms with van der Waals surface area (Å²) in [7, 11) is 0. The van der Waals surface area contributed by atoms with Crippen molar-refractivity contribution in [3.8, 4) is 0 Å². The first-order valence-electron chi connectivity index (χ1n) is 6.53. The van der Waals surface area contributed by atoms with Gasteiger partial charge in [0.2, 0.25) is 0 Å². The van der Waals surface area contributed by atoms with Gasteiger partial charge in [0, 0.05) is 19.8 Å². The van der Waals surface area contributed by atoms with Crippen LogP contribution in [0.2, 0.25) is 0 Å². The number of hydrogen-bond donors (Lipinski definition) is 2. The summed E-state index contributed by atoms with van der Waals surface area (Å²) in [5, 5.41) is 12.3. The van der Waals surface area contributed by atoms with Crippen LogP contribution >= 0.6 is 0 Å². The summed E-state index contributed by atoms with van der Waals surface area (Å²) in [6, 6.07) is 3.32. The van der Waals surface area contributed by atoms with Crippen molar-refractivity contribution in [1.82, 2.24) is 4.98 Å². The summed E-state index contributed by atoms with van der Waals surface area (Å²) >= 11 is 0. The van der Waals surface area contributed by atoms with E-state index < -0.39 is 5.97 Å². The number of carboxylic acid groups (broad SMARTS) is 1. The van der Waals surface area contributed by atoms with Crippen LogP contribution in [0.5, 0.6) is 0 Å². The van der Waals surface area contributed by atoms with Crippen molar-refractivity contribution >= 4 is 11.8 Å². The van der Waals surface area contributed by atoms with Gasteiger partial charge in [-0.1, -0.05) is 6.92 Å². The number of aromatic carboxylic acids is 1. The predicted molar refractivity (Wildman–Crippen MR) is 72.6 cm³/mol. The molecule has 0 aromatic carbocycles. The minimum atomic E-state index is -0.937. The van der Waals surface area contributed by atoms with Crippen LogP contribution in [-0.4, -0.2) is 35.8 Å². The van der Waals surface area contributed by atoms with Crippen LogP contribution in [0.15, 0.2) is 12.1 Å². The Morgan fingerprint density at radius 3 is 2.74 bits per heavy atom. The van der Waals surface area contributed by atoms with Crippen LogP contribution in [0, 0.1) is 12.3 Å². The molecule has 0 bridgehead atoms. The van der Waals surface area contributed by atoms with E-state index in [0.29, 0.717) is 5.69 Å². The van der Waals surface area contributed by atoms with E-state index in [2.05, 4.69) is 17.2 Å². The van der Waals surface area contributed by atoms with E-state index in [0.717, 1.165) is 38.4 Å². The van der Waals surface area contributed by atoms with Crippen molar-refractivity contribution < 1.29 is 14.6 Å². The van der Waals surface area contributed by atoms with Crippen LogP contribution in [0.3, 0.4) is 0 Å². The van der Waals surface area contributed by atoms with Gasteiger partial charge in [-0.3, -0.25) is 0 Å². The van der Waals surface area contributed by atoms with Gasteiger partial charge in [-0.25, -0.2) is 9.78 Å². The Morgan fingerprint density at radius 2 is 2.16 bits per heavy atom. The molecule has 0 amide bonds. The highest BCUT2D eigenvalue weighted by Gasteiger charge is 2.27. The molecule has 1 fully saturated rings. The van der Waals surface area contributed by atoms with Gasteiger partial charge in [-0.2, -0.15) is 0 Å². The van der Waals surface area contributed by atoms with Gasteiger partial charge in [0.1, 0.15) is 5.82 Å². The molecule has 0 atom stereocenters. The quantitative estimate of drug-likeness (QED) is 0.873. The lowest BCUT2D eigenvalue weighted by Gasteiger charge is -2.33. The Hall–Kier alpha value is -1.62. The van der Waals surface area contributed by atoms with Crippen molar-refractivity contribution in [2.75, 3.05) is 25.1 Å². The highest BCUT2D eigenvalue weighted by molar-refractivity contribution is 5.89. The molecule has 2 rings (SSSR count). The molecule has 0 unspecified atom stereocenters. The van der Waals surface area contributed by atoms with Crippen molar-refractivity contribution in [2.24, 2.45) is 5.41 Å². The SMILES string of the molecule is Cc1nc(NCC2(C)CCOCC2)ccc1C(=O)O. The smallest absolute Gasteiger partial charge is 0.337 e. The van der Waals surface area contributed by atoms with Gasteiger partial charge in [0.05, 0.1) is 11.3 Å². The van der Waals surface area contributed by atoms with Crippen LogP contribution in [0.1, 0.15) is 35.8 Å². The largest absolute Gasteiger partial charge is 0.478 e. The van der Waals surface area contributed by atoms with E-state index in [1.165, 1.54) is 0 Å². The number of carboxylic acids is 1. The lowest BCUT2D eigenvalue weighted by molar-refractivity contribution is 0.0299. The molecular weight excluding hydrogens is 244 g/mol. The Morgan fingerprint density at radius 1 is 1.47 bits per heavy atom. The highest BCUT2D eigenvalue weighted by Crippen LogP contribution is 2.29.